The molecule has 0 bridgehead atoms. The van der Waals surface area contributed by atoms with Gasteiger partial charge in [0.25, 0.3) is 5.91 Å². The van der Waals surface area contributed by atoms with Gasteiger partial charge in [-0.15, -0.1) is 0 Å². The van der Waals surface area contributed by atoms with Crippen LogP contribution >= 0.6 is 0 Å². The first-order valence-corrected chi connectivity index (χ1v) is 11.8. The van der Waals surface area contributed by atoms with Crippen LogP contribution in [-0.4, -0.2) is 32.1 Å². The lowest BCUT2D eigenvalue weighted by atomic mass is 9.87. The second-order valence-electron chi connectivity index (χ2n) is 9.95. The van der Waals surface area contributed by atoms with Crippen LogP contribution in [0, 0.1) is 5.92 Å². The third-order valence-electron chi connectivity index (χ3n) is 6.92. The number of nitrogens with one attached hydrogen (secondary N) is 1. The van der Waals surface area contributed by atoms with Gasteiger partial charge < -0.3 is 15.2 Å². The van der Waals surface area contributed by atoms with Crippen molar-refractivity contribution in [3.63, 3.8) is 0 Å². The molecule has 172 valence electrons. The molecule has 2 fully saturated rings. The number of hydrogen-bond donors (Lipinski definition) is 2. The van der Waals surface area contributed by atoms with Gasteiger partial charge in [-0.25, -0.2) is 0 Å². The van der Waals surface area contributed by atoms with Gasteiger partial charge in [0, 0.05) is 34.7 Å². The van der Waals surface area contributed by atoms with Crippen molar-refractivity contribution in [2.45, 2.75) is 69.9 Å². The summed E-state index contributed by atoms with van der Waals surface area (Å²) < 4.78 is 2.11. The maximum Gasteiger partial charge on any atom is 0.274 e. The van der Waals surface area contributed by atoms with Crippen molar-refractivity contribution in [3.8, 4) is 0 Å². The summed E-state index contributed by atoms with van der Waals surface area (Å²) in [5.74, 6) is 0.270. The number of carbonyl (C=O) groups is 2. The van der Waals surface area contributed by atoms with E-state index >= 15 is 0 Å². The minimum atomic E-state index is -1.16. The largest absolute Gasteiger partial charge is 0.386 e. The van der Waals surface area contributed by atoms with Gasteiger partial charge >= 0.3 is 0 Å². The molecule has 0 unspecified atom stereocenters. The lowest BCUT2D eigenvalue weighted by Crippen LogP contribution is -2.22. The van der Waals surface area contributed by atoms with Crippen LogP contribution in [0.2, 0.25) is 0 Å². The number of pyridine rings is 1. The summed E-state index contributed by atoms with van der Waals surface area (Å²) in [6, 6.07) is 9.40. The number of rotatable bonds is 6. The fourth-order valence-electron chi connectivity index (χ4n) is 4.92. The predicted octanol–water partition coefficient (Wildman–Crippen LogP) is 4.72. The number of benzene rings is 1. The van der Waals surface area contributed by atoms with Gasteiger partial charge in [-0.2, -0.15) is 5.10 Å². The Morgan fingerprint density at radius 2 is 1.91 bits per heavy atom. The number of fused-ring (bicyclic) bond motifs is 1. The van der Waals surface area contributed by atoms with E-state index in [1.165, 1.54) is 0 Å². The molecule has 1 aromatic carbocycles. The first kappa shape index (κ1) is 21.8. The average molecular weight is 447 g/mol. The molecule has 1 amide bonds. The summed E-state index contributed by atoms with van der Waals surface area (Å²) >= 11 is 0. The van der Waals surface area contributed by atoms with E-state index in [-0.39, 0.29) is 17.9 Å². The molecule has 2 aliphatic carbocycles. The average Bonchev–Trinajstić information content (AvgIpc) is 3.59. The molecule has 3 aromatic rings. The monoisotopic (exact) mass is 446 g/mol. The summed E-state index contributed by atoms with van der Waals surface area (Å²) in [5, 5.41) is 20.0. The fourth-order valence-corrected chi connectivity index (χ4v) is 4.92. The number of aromatic nitrogens is 3. The van der Waals surface area contributed by atoms with Crippen molar-refractivity contribution in [3.05, 3.63) is 53.5 Å². The highest BCUT2D eigenvalue weighted by molar-refractivity contribution is 6.04. The molecule has 0 aliphatic heterocycles. The highest BCUT2D eigenvalue weighted by atomic mass is 16.3. The number of carbonyl (C=O) groups excluding carboxylic acids is 2. The van der Waals surface area contributed by atoms with E-state index in [0.717, 1.165) is 61.4 Å². The molecule has 0 saturated heterocycles. The number of nitrogens with zero attached hydrogens (tertiary/aromatic N) is 3. The molecule has 2 N–H and O–H groups in total. The Morgan fingerprint density at radius 1 is 1.15 bits per heavy atom. The zero-order chi connectivity index (χ0) is 23.2. The minimum Gasteiger partial charge on any atom is -0.386 e. The third kappa shape index (κ3) is 4.29. The number of anilines is 1. The van der Waals surface area contributed by atoms with E-state index in [4.69, 9.17) is 5.10 Å². The van der Waals surface area contributed by atoms with Gasteiger partial charge in [0.15, 0.2) is 0 Å². The Balaban J connectivity index is 1.59. The van der Waals surface area contributed by atoms with Gasteiger partial charge in [-0.1, -0.05) is 6.07 Å². The topological polar surface area (TPSA) is 97.1 Å². The molecular formula is C26H30N4O3. The van der Waals surface area contributed by atoms with Gasteiger partial charge in [0.2, 0.25) is 0 Å². The number of hydrogen-bond acceptors (Lipinski definition) is 5. The van der Waals surface area contributed by atoms with E-state index in [1.807, 2.05) is 12.1 Å². The Hall–Kier alpha value is -3.06. The zero-order valence-electron chi connectivity index (χ0n) is 19.1. The molecule has 2 saturated carbocycles. The van der Waals surface area contributed by atoms with Crippen molar-refractivity contribution in [1.29, 1.82) is 0 Å². The SMILES string of the molecule is CC(C)(O)c1cc2c(cc1NC(=O)c1ccccn1)c(C1CC1)nn2C1CCC(C=O)CC1. The molecule has 7 nitrogen and oxygen atoms in total. The van der Waals surface area contributed by atoms with Gasteiger partial charge in [-0.3, -0.25) is 14.5 Å². The highest BCUT2D eigenvalue weighted by Gasteiger charge is 2.33. The molecule has 0 spiro atoms. The van der Waals surface area contributed by atoms with Crippen molar-refractivity contribution < 1.29 is 14.7 Å². The molecule has 2 aliphatic rings. The van der Waals surface area contributed by atoms with Gasteiger partial charge in [0.1, 0.15) is 12.0 Å². The highest BCUT2D eigenvalue weighted by Crippen LogP contribution is 2.46. The van der Waals surface area contributed by atoms with Crippen LogP contribution in [0.4, 0.5) is 5.69 Å². The van der Waals surface area contributed by atoms with Crippen LogP contribution in [-0.2, 0) is 10.4 Å². The normalized spacial score (nSPS) is 21.2. The second-order valence-corrected chi connectivity index (χ2v) is 9.95. The van der Waals surface area contributed by atoms with E-state index in [9.17, 15) is 14.7 Å². The summed E-state index contributed by atoms with van der Waals surface area (Å²) in [7, 11) is 0. The van der Waals surface area contributed by atoms with Crippen LogP contribution in [0.3, 0.4) is 0 Å². The second kappa shape index (κ2) is 8.37. The van der Waals surface area contributed by atoms with E-state index < -0.39 is 5.60 Å². The quantitative estimate of drug-likeness (QED) is 0.534. The molecular weight excluding hydrogens is 416 g/mol. The number of aliphatic hydroxyl groups is 1. The van der Waals surface area contributed by atoms with Crippen LogP contribution in [0.5, 0.6) is 0 Å². The molecule has 7 heteroatoms. The smallest absolute Gasteiger partial charge is 0.274 e. The van der Waals surface area contributed by atoms with Crippen LogP contribution in [0.1, 0.15) is 86.1 Å². The van der Waals surface area contributed by atoms with E-state index in [2.05, 4.69) is 15.0 Å². The van der Waals surface area contributed by atoms with Crippen molar-refractivity contribution in [1.82, 2.24) is 14.8 Å². The third-order valence-corrected chi connectivity index (χ3v) is 6.92. The first-order chi connectivity index (χ1) is 15.8. The summed E-state index contributed by atoms with van der Waals surface area (Å²) in [4.78, 5) is 28.2. The summed E-state index contributed by atoms with van der Waals surface area (Å²) in [5.41, 5.74) is 2.44. The van der Waals surface area contributed by atoms with Crippen LogP contribution in [0.25, 0.3) is 10.9 Å². The summed E-state index contributed by atoms with van der Waals surface area (Å²) in [6.07, 6.45) is 8.50. The summed E-state index contributed by atoms with van der Waals surface area (Å²) in [6.45, 7) is 3.45. The molecule has 0 atom stereocenters. The number of aldehydes is 1. The molecule has 0 radical (unpaired) electrons. The van der Waals surface area contributed by atoms with Crippen LogP contribution < -0.4 is 5.32 Å². The fraction of sp³-hybridized carbons (Fsp3) is 0.462. The molecule has 2 heterocycles. The number of amides is 1. The Bertz CT molecular complexity index is 1180. The molecule has 33 heavy (non-hydrogen) atoms. The minimum absolute atomic E-state index is 0.145. The van der Waals surface area contributed by atoms with Crippen molar-refractivity contribution in [2.24, 2.45) is 5.92 Å². The standard InChI is InChI=1S/C26H30N4O3/c1-26(2,33)20-14-23-19(13-22(20)28-25(32)21-5-3-4-12-27-21)24(17-8-9-17)29-30(23)18-10-6-16(15-31)7-11-18/h3-5,12-18,33H,6-11H2,1-2H3,(H,28,32). The van der Waals surface area contributed by atoms with Crippen LogP contribution in [0.15, 0.2) is 36.5 Å². The molecule has 2 aromatic heterocycles. The zero-order valence-corrected chi connectivity index (χ0v) is 19.1. The Kier molecular flexibility index (Phi) is 5.52. The van der Waals surface area contributed by atoms with Gasteiger partial charge in [0.05, 0.1) is 22.9 Å². The Labute approximate surface area is 193 Å². The maximum absolute atomic E-state index is 12.9. The Morgan fingerprint density at radius 3 is 2.52 bits per heavy atom. The lowest BCUT2D eigenvalue weighted by Gasteiger charge is -2.27. The van der Waals surface area contributed by atoms with Gasteiger partial charge in [-0.05, 0) is 76.6 Å². The van der Waals surface area contributed by atoms with E-state index in [1.54, 1.807) is 38.2 Å². The van der Waals surface area contributed by atoms with E-state index in [0.29, 0.717) is 22.9 Å². The predicted molar refractivity (Wildman–Crippen MR) is 126 cm³/mol. The molecule has 5 rings (SSSR count). The van der Waals surface area contributed by atoms with Crippen molar-refractivity contribution >= 4 is 28.8 Å². The van der Waals surface area contributed by atoms with Crippen molar-refractivity contribution in [2.75, 3.05) is 5.32 Å². The first-order valence-electron chi connectivity index (χ1n) is 11.8. The lowest BCUT2D eigenvalue weighted by molar-refractivity contribution is -0.112. The maximum atomic E-state index is 12.9.